The molecular formula is C11H20N2O. The number of hydrogen-bond donors (Lipinski definition) is 1. The van der Waals surface area contributed by atoms with E-state index in [1.807, 2.05) is 0 Å². The second-order valence-electron chi connectivity index (χ2n) is 3.44. The second-order valence-corrected chi connectivity index (χ2v) is 3.44. The smallest absolute Gasteiger partial charge is 0.0997 e. The molecule has 1 aliphatic rings. The third-order valence-electron chi connectivity index (χ3n) is 2.32. The average molecular weight is 196 g/mol. The van der Waals surface area contributed by atoms with Gasteiger partial charge in [0.2, 0.25) is 0 Å². The van der Waals surface area contributed by atoms with Crippen LogP contribution in [-0.2, 0) is 4.74 Å². The maximum atomic E-state index is 4.98. The lowest BCUT2D eigenvalue weighted by Gasteiger charge is -2.02. The van der Waals surface area contributed by atoms with Crippen molar-refractivity contribution in [3.63, 3.8) is 0 Å². The van der Waals surface area contributed by atoms with Gasteiger partial charge in [0.05, 0.1) is 19.4 Å². The SMILES string of the molecule is C=COCCNCCN=C1CCCC1. The first-order chi connectivity index (χ1) is 6.93. The molecule has 1 rings (SSSR count). The molecule has 1 saturated carbocycles. The summed E-state index contributed by atoms with van der Waals surface area (Å²) in [6.45, 7) is 6.90. The largest absolute Gasteiger partial charge is 0.500 e. The van der Waals surface area contributed by atoms with Gasteiger partial charge in [-0.3, -0.25) is 4.99 Å². The van der Waals surface area contributed by atoms with Gasteiger partial charge in [-0.15, -0.1) is 0 Å². The maximum absolute atomic E-state index is 4.98. The molecule has 0 bridgehead atoms. The molecule has 1 fully saturated rings. The van der Waals surface area contributed by atoms with E-state index in [1.165, 1.54) is 37.7 Å². The first kappa shape index (κ1) is 11.2. The predicted octanol–water partition coefficient (Wildman–Crippen LogP) is 1.75. The molecule has 1 aliphatic carbocycles. The van der Waals surface area contributed by atoms with Gasteiger partial charge in [0.1, 0.15) is 0 Å². The fraction of sp³-hybridized carbons (Fsp3) is 0.727. The number of nitrogens with one attached hydrogen (secondary N) is 1. The van der Waals surface area contributed by atoms with Gasteiger partial charge in [0, 0.05) is 18.8 Å². The maximum Gasteiger partial charge on any atom is 0.0997 e. The summed E-state index contributed by atoms with van der Waals surface area (Å²) < 4.78 is 4.98. The van der Waals surface area contributed by atoms with E-state index in [2.05, 4.69) is 16.9 Å². The van der Waals surface area contributed by atoms with Crippen molar-refractivity contribution in [1.82, 2.24) is 5.32 Å². The summed E-state index contributed by atoms with van der Waals surface area (Å²) in [7, 11) is 0. The van der Waals surface area contributed by atoms with Crippen molar-refractivity contribution in [1.29, 1.82) is 0 Å². The number of hydrogen-bond acceptors (Lipinski definition) is 3. The lowest BCUT2D eigenvalue weighted by atomic mass is 10.3. The minimum absolute atomic E-state index is 0.695. The molecule has 0 saturated heterocycles. The summed E-state index contributed by atoms with van der Waals surface area (Å²) in [5, 5.41) is 3.26. The molecule has 0 unspecified atom stereocenters. The van der Waals surface area contributed by atoms with Crippen LogP contribution in [0.5, 0.6) is 0 Å². The Balaban J connectivity index is 1.88. The Morgan fingerprint density at radius 3 is 2.86 bits per heavy atom. The topological polar surface area (TPSA) is 33.6 Å². The molecule has 0 aromatic rings. The fourth-order valence-electron chi connectivity index (χ4n) is 1.57. The fourth-order valence-corrected chi connectivity index (χ4v) is 1.57. The highest BCUT2D eigenvalue weighted by molar-refractivity contribution is 5.86. The van der Waals surface area contributed by atoms with Gasteiger partial charge in [-0.1, -0.05) is 6.58 Å². The van der Waals surface area contributed by atoms with Crippen LogP contribution in [0, 0.1) is 0 Å². The van der Waals surface area contributed by atoms with E-state index < -0.39 is 0 Å². The monoisotopic (exact) mass is 196 g/mol. The molecule has 0 atom stereocenters. The molecule has 3 heteroatoms. The number of rotatable bonds is 7. The van der Waals surface area contributed by atoms with Crippen LogP contribution in [0.3, 0.4) is 0 Å². The molecule has 0 radical (unpaired) electrons. The van der Waals surface area contributed by atoms with Gasteiger partial charge in [-0.05, 0) is 25.7 Å². The zero-order valence-corrected chi connectivity index (χ0v) is 8.80. The lowest BCUT2D eigenvalue weighted by Crippen LogP contribution is -2.22. The van der Waals surface area contributed by atoms with E-state index >= 15 is 0 Å². The van der Waals surface area contributed by atoms with Crippen molar-refractivity contribution >= 4 is 5.71 Å². The average Bonchev–Trinajstić information content (AvgIpc) is 2.69. The molecule has 14 heavy (non-hydrogen) atoms. The highest BCUT2D eigenvalue weighted by atomic mass is 16.5. The summed E-state index contributed by atoms with van der Waals surface area (Å²) >= 11 is 0. The van der Waals surface area contributed by atoms with Crippen LogP contribution in [-0.4, -0.2) is 32.0 Å². The third kappa shape index (κ3) is 5.02. The van der Waals surface area contributed by atoms with Gasteiger partial charge >= 0.3 is 0 Å². The molecule has 0 aromatic heterocycles. The van der Waals surface area contributed by atoms with Gasteiger partial charge in [-0.25, -0.2) is 0 Å². The van der Waals surface area contributed by atoms with Crippen LogP contribution in [0.15, 0.2) is 17.8 Å². The van der Waals surface area contributed by atoms with Gasteiger partial charge < -0.3 is 10.1 Å². The molecule has 0 heterocycles. The van der Waals surface area contributed by atoms with Crippen LogP contribution >= 0.6 is 0 Å². The summed E-state index contributed by atoms with van der Waals surface area (Å²) in [4.78, 5) is 4.53. The van der Waals surface area contributed by atoms with Crippen LogP contribution in [0.2, 0.25) is 0 Å². The molecule has 0 aliphatic heterocycles. The van der Waals surface area contributed by atoms with E-state index in [0.29, 0.717) is 6.61 Å². The molecule has 3 nitrogen and oxygen atoms in total. The summed E-state index contributed by atoms with van der Waals surface area (Å²) in [6.07, 6.45) is 6.58. The molecule has 0 spiro atoms. The van der Waals surface area contributed by atoms with Crippen molar-refractivity contribution in [2.24, 2.45) is 4.99 Å². The minimum Gasteiger partial charge on any atom is -0.500 e. The minimum atomic E-state index is 0.695. The summed E-state index contributed by atoms with van der Waals surface area (Å²) in [5.74, 6) is 0. The van der Waals surface area contributed by atoms with Crippen molar-refractivity contribution < 1.29 is 4.74 Å². The molecule has 0 amide bonds. The predicted molar refractivity (Wildman–Crippen MR) is 59.8 cm³/mol. The summed E-state index contributed by atoms with van der Waals surface area (Å²) in [6, 6.07) is 0. The Morgan fingerprint density at radius 2 is 2.14 bits per heavy atom. The van der Waals surface area contributed by atoms with E-state index in [9.17, 15) is 0 Å². The first-order valence-corrected chi connectivity index (χ1v) is 5.39. The lowest BCUT2D eigenvalue weighted by molar-refractivity contribution is 0.251. The van der Waals surface area contributed by atoms with E-state index in [1.54, 1.807) is 0 Å². The Labute approximate surface area is 86.3 Å². The van der Waals surface area contributed by atoms with Crippen molar-refractivity contribution in [3.8, 4) is 0 Å². The first-order valence-electron chi connectivity index (χ1n) is 5.39. The summed E-state index contributed by atoms with van der Waals surface area (Å²) in [5.41, 5.74) is 1.41. The highest BCUT2D eigenvalue weighted by Gasteiger charge is 2.06. The zero-order chi connectivity index (χ0) is 10.1. The van der Waals surface area contributed by atoms with Crippen molar-refractivity contribution in [2.75, 3.05) is 26.2 Å². The Kier molecular flexibility index (Phi) is 6.07. The standard InChI is InChI=1S/C11H20N2O/c1-2-14-10-9-12-7-8-13-11-5-3-4-6-11/h2,12H,1,3-10H2. The van der Waals surface area contributed by atoms with Crippen LogP contribution in [0.4, 0.5) is 0 Å². The highest BCUT2D eigenvalue weighted by Crippen LogP contribution is 2.14. The zero-order valence-electron chi connectivity index (χ0n) is 8.80. The normalized spacial score (nSPS) is 15.6. The van der Waals surface area contributed by atoms with E-state index in [0.717, 1.165) is 19.6 Å². The van der Waals surface area contributed by atoms with Gasteiger partial charge in [0.15, 0.2) is 0 Å². The van der Waals surface area contributed by atoms with Crippen molar-refractivity contribution in [3.05, 3.63) is 12.8 Å². The molecule has 1 N–H and O–H groups in total. The quantitative estimate of drug-likeness (QED) is 0.497. The van der Waals surface area contributed by atoms with Gasteiger partial charge in [-0.2, -0.15) is 0 Å². The Bertz CT molecular complexity index is 182. The number of aliphatic imine (C=N–C) groups is 1. The molecular weight excluding hydrogens is 176 g/mol. The van der Waals surface area contributed by atoms with E-state index in [4.69, 9.17) is 4.74 Å². The molecule has 80 valence electrons. The van der Waals surface area contributed by atoms with Gasteiger partial charge in [0.25, 0.3) is 0 Å². The van der Waals surface area contributed by atoms with Crippen molar-refractivity contribution in [2.45, 2.75) is 25.7 Å². The number of ether oxygens (including phenoxy) is 1. The third-order valence-corrected chi connectivity index (χ3v) is 2.32. The molecule has 0 aromatic carbocycles. The van der Waals surface area contributed by atoms with Crippen LogP contribution in [0.25, 0.3) is 0 Å². The second kappa shape index (κ2) is 7.56. The number of nitrogens with zero attached hydrogens (tertiary/aromatic N) is 1. The Morgan fingerprint density at radius 1 is 1.36 bits per heavy atom. The van der Waals surface area contributed by atoms with E-state index in [-0.39, 0.29) is 0 Å². The Hall–Kier alpha value is -0.830. The van der Waals surface area contributed by atoms with Crippen LogP contribution < -0.4 is 5.32 Å². The van der Waals surface area contributed by atoms with Crippen LogP contribution in [0.1, 0.15) is 25.7 Å².